The number of halogens is 4. The number of hydrogen-bond acceptors (Lipinski definition) is 2. The number of benzene rings is 1. The van der Waals surface area contributed by atoms with Gasteiger partial charge in [0, 0.05) is 10.4 Å². The van der Waals surface area contributed by atoms with Gasteiger partial charge in [0.1, 0.15) is 0 Å². The molecule has 0 saturated heterocycles. The molecule has 1 aromatic carbocycles. The molecule has 96 valence electrons. The topological polar surface area (TPSA) is 35.2 Å². The summed E-state index contributed by atoms with van der Waals surface area (Å²) in [7, 11) is 0. The van der Waals surface area contributed by atoms with E-state index >= 15 is 0 Å². The van der Waals surface area contributed by atoms with Crippen LogP contribution >= 0.6 is 11.6 Å². The van der Waals surface area contributed by atoms with Gasteiger partial charge in [-0.3, -0.25) is 0 Å². The molecule has 1 aromatic rings. The molecule has 0 saturated carbocycles. The fourth-order valence-corrected chi connectivity index (χ4v) is 1.88. The highest BCUT2D eigenvalue weighted by molar-refractivity contribution is 6.31. The van der Waals surface area contributed by atoms with Gasteiger partial charge in [0.15, 0.2) is 0 Å². The van der Waals surface area contributed by atoms with Gasteiger partial charge in [-0.05, 0) is 23.8 Å². The van der Waals surface area contributed by atoms with E-state index in [1.54, 1.807) is 13.8 Å². The summed E-state index contributed by atoms with van der Waals surface area (Å²) < 4.78 is 37.7. The van der Waals surface area contributed by atoms with Gasteiger partial charge in [-0.2, -0.15) is 13.2 Å². The van der Waals surface area contributed by atoms with Crippen molar-refractivity contribution in [1.29, 1.82) is 0 Å². The number of hydrogen-bond donors (Lipinski definition) is 1. The van der Waals surface area contributed by atoms with Crippen LogP contribution in [0.5, 0.6) is 0 Å². The van der Waals surface area contributed by atoms with Crippen LogP contribution in [-0.4, -0.2) is 6.61 Å². The maximum atomic E-state index is 12.6. The first-order chi connectivity index (χ1) is 7.68. The van der Waals surface area contributed by atoms with Gasteiger partial charge in [-0.25, -0.2) is 5.90 Å². The molecule has 0 aliphatic carbocycles. The van der Waals surface area contributed by atoms with E-state index < -0.39 is 17.2 Å². The second-order valence-electron chi connectivity index (χ2n) is 4.39. The zero-order valence-electron chi connectivity index (χ0n) is 9.44. The van der Waals surface area contributed by atoms with Gasteiger partial charge < -0.3 is 4.84 Å². The SMILES string of the molecule is CC(C)(CON)c1cc(C(F)(F)F)ccc1Cl. The molecule has 17 heavy (non-hydrogen) atoms. The lowest BCUT2D eigenvalue weighted by molar-refractivity contribution is -0.137. The molecule has 0 aliphatic rings. The molecular formula is C11H13ClF3NO. The van der Waals surface area contributed by atoms with Crippen molar-refractivity contribution in [3.63, 3.8) is 0 Å². The van der Waals surface area contributed by atoms with Crippen molar-refractivity contribution < 1.29 is 18.0 Å². The monoisotopic (exact) mass is 267 g/mol. The summed E-state index contributed by atoms with van der Waals surface area (Å²) >= 11 is 5.90. The quantitative estimate of drug-likeness (QED) is 0.851. The van der Waals surface area contributed by atoms with Crippen molar-refractivity contribution in [2.45, 2.75) is 25.4 Å². The minimum Gasteiger partial charge on any atom is -0.304 e. The van der Waals surface area contributed by atoms with Gasteiger partial charge >= 0.3 is 6.18 Å². The van der Waals surface area contributed by atoms with Crippen molar-refractivity contribution >= 4 is 11.6 Å². The highest BCUT2D eigenvalue weighted by atomic mass is 35.5. The van der Waals surface area contributed by atoms with Gasteiger partial charge in [-0.15, -0.1) is 0 Å². The predicted octanol–water partition coefficient (Wildman–Crippen LogP) is 3.53. The van der Waals surface area contributed by atoms with Crippen LogP contribution in [0.15, 0.2) is 18.2 Å². The molecule has 0 heterocycles. The van der Waals surface area contributed by atoms with Gasteiger partial charge in [0.05, 0.1) is 12.2 Å². The van der Waals surface area contributed by atoms with Gasteiger partial charge in [0.2, 0.25) is 0 Å². The zero-order valence-corrected chi connectivity index (χ0v) is 10.2. The third-order valence-electron chi connectivity index (χ3n) is 2.47. The summed E-state index contributed by atoms with van der Waals surface area (Å²) in [5.41, 5.74) is -1.06. The molecule has 0 fully saturated rings. The molecule has 0 bridgehead atoms. The molecule has 0 unspecified atom stereocenters. The summed E-state index contributed by atoms with van der Waals surface area (Å²) in [6, 6.07) is 3.21. The average molecular weight is 268 g/mol. The summed E-state index contributed by atoms with van der Waals surface area (Å²) in [4.78, 5) is 4.50. The lowest BCUT2D eigenvalue weighted by Crippen LogP contribution is -2.27. The summed E-state index contributed by atoms with van der Waals surface area (Å²) in [5.74, 6) is 4.96. The van der Waals surface area contributed by atoms with E-state index in [1.165, 1.54) is 6.07 Å². The second-order valence-corrected chi connectivity index (χ2v) is 4.79. The molecule has 0 amide bonds. The highest BCUT2D eigenvalue weighted by Crippen LogP contribution is 2.36. The Hall–Kier alpha value is -0.780. The Morgan fingerprint density at radius 1 is 1.29 bits per heavy atom. The van der Waals surface area contributed by atoms with Crippen molar-refractivity contribution in [1.82, 2.24) is 0 Å². The van der Waals surface area contributed by atoms with E-state index in [0.717, 1.165) is 12.1 Å². The molecule has 2 N–H and O–H groups in total. The van der Waals surface area contributed by atoms with Crippen LogP contribution in [0.3, 0.4) is 0 Å². The molecular weight excluding hydrogens is 255 g/mol. The molecule has 1 rings (SSSR count). The van der Waals surface area contributed by atoms with Crippen LogP contribution in [0.2, 0.25) is 5.02 Å². The highest BCUT2D eigenvalue weighted by Gasteiger charge is 2.33. The molecule has 6 heteroatoms. The van der Waals surface area contributed by atoms with Crippen molar-refractivity contribution in [2.24, 2.45) is 5.90 Å². The lowest BCUT2D eigenvalue weighted by Gasteiger charge is -2.25. The largest absolute Gasteiger partial charge is 0.416 e. The van der Waals surface area contributed by atoms with Crippen LogP contribution in [0, 0.1) is 0 Å². The zero-order chi connectivity index (χ0) is 13.3. The van der Waals surface area contributed by atoms with E-state index in [2.05, 4.69) is 4.84 Å². The Morgan fingerprint density at radius 3 is 2.35 bits per heavy atom. The lowest BCUT2D eigenvalue weighted by atomic mass is 9.84. The summed E-state index contributed by atoms with van der Waals surface area (Å²) in [6.07, 6.45) is -4.39. The summed E-state index contributed by atoms with van der Waals surface area (Å²) in [6.45, 7) is 3.50. The van der Waals surface area contributed by atoms with Crippen LogP contribution in [0.25, 0.3) is 0 Å². The Balaban J connectivity index is 3.24. The third kappa shape index (κ3) is 3.34. The van der Waals surface area contributed by atoms with Crippen molar-refractivity contribution in [3.8, 4) is 0 Å². The minimum absolute atomic E-state index is 0.0774. The Bertz CT molecular complexity index is 404. The van der Waals surface area contributed by atoms with Crippen LogP contribution < -0.4 is 5.90 Å². The van der Waals surface area contributed by atoms with Crippen molar-refractivity contribution in [2.75, 3.05) is 6.61 Å². The molecule has 0 atom stereocenters. The fourth-order valence-electron chi connectivity index (χ4n) is 1.51. The first-order valence-corrected chi connectivity index (χ1v) is 5.25. The Kier molecular flexibility index (Phi) is 4.06. The number of rotatable bonds is 3. The normalized spacial score (nSPS) is 12.9. The molecule has 0 radical (unpaired) electrons. The van der Waals surface area contributed by atoms with E-state index in [1.807, 2.05) is 0 Å². The van der Waals surface area contributed by atoms with Gasteiger partial charge in [0.25, 0.3) is 0 Å². The standard InChI is InChI=1S/C11H13ClF3NO/c1-10(2,6-17-16)8-5-7(11(13,14)15)3-4-9(8)12/h3-5H,6,16H2,1-2H3. The van der Waals surface area contributed by atoms with Crippen LogP contribution in [0.4, 0.5) is 13.2 Å². The Morgan fingerprint density at radius 2 is 1.88 bits per heavy atom. The maximum Gasteiger partial charge on any atom is 0.416 e. The molecule has 2 nitrogen and oxygen atoms in total. The minimum atomic E-state index is -4.39. The smallest absolute Gasteiger partial charge is 0.304 e. The van der Waals surface area contributed by atoms with Gasteiger partial charge in [-0.1, -0.05) is 25.4 Å². The number of nitrogens with two attached hydrogens (primary N) is 1. The van der Waals surface area contributed by atoms with Crippen LogP contribution in [-0.2, 0) is 16.4 Å². The van der Waals surface area contributed by atoms with E-state index in [9.17, 15) is 13.2 Å². The predicted molar refractivity (Wildman–Crippen MR) is 59.6 cm³/mol. The van der Waals surface area contributed by atoms with Crippen LogP contribution in [0.1, 0.15) is 25.0 Å². The van der Waals surface area contributed by atoms with E-state index in [-0.39, 0.29) is 11.6 Å². The second kappa shape index (κ2) is 4.84. The Labute approximate surface area is 102 Å². The van der Waals surface area contributed by atoms with Crippen molar-refractivity contribution in [3.05, 3.63) is 34.3 Å². The average Bonchev–Trinajstić information content (AvgIpc) is 2.15. The first-order valence-electron chi connectivity index (χ1n) is 4.87. The molecule has 0 aliphatic heterocycles. The fraction of sp³-hybridized carbons (Fsp3) is 0.455. The van der Waals surface area contributed by atoms with E-state index in [0.29, 0.717) is 5.56 Å². The maximum absolute atomic E-state index is 12.6. The number of alkyl halides is 3. The molecule has 0 spiro atoms. The third-order valence-corrected chi connectivity index (χ3v) is 2.80. The van der Waals surface area contributed by atoms with E-state index in [4.69, 9.17) is 17.5 Å². The molecule has 0 aromatic heterocycles. The first kappa shape index (κ1) is 14.3. The summed E-state index contributed by atoms with van der Waals surface area (Å²) in [5, 5.41) is 0.264.